The van der Waals surface area contributed by atoms with Crippen LogP contribution in [0.3, 0.4) is 0 Å². The first-order valence-electron chi connectivity index (χ1n) is 5.98. The fourth-order valence-electron chi connectivity index (χ4n) is 1.26. The van der Waals surface area contributed by atoms with Gasteiger partial charge in [-0.1, -0.05) is 25.7 Å². The van der Waals surface area contributed by atoms with Crippen molar-refractivity contribution in [2.75, 3.05) is 12.4 Å². The van der Waals surface area contributed by atoms with E-state index in [1.165, 1.54) is 17.1 Å². The Labute approximate surface area is 113 Å². The molecule has 0 aromatic carbocycles. The highest BCUT2D eigenvalue weighted by molar-refractivity contribution is 7.98. The lowest BCUT2D eigenvalue weighted by Crippen LogP contribution is -1.90. The zero-order valence-corrected chi connectivity index (χ0v) is 12.2. The van der Waals surface area contributed by atoms with Gasteiger partial charge in [-0.3, -0.25) is 0 Å². The second kappa shape index (κ2) is 8.63. The van der Waals surface area contributed by atoms with E-state index in [1.54, 1.807) is 11.3 Å². The van der Waals surface area contributed by atoms with Crippen molar-refractivity contribution in [2.24, 2.45) is 5.92 Å². The van der Waals surface area contributed by atoms with E-state index in [1.807, 2.05) is 11.8 Å². The third-order valence-electron chi connectivity index (χ3n) is 2.28. The molecule has 3 heteroatoms. The second-order valence-corrected chi connectivity index (χ2v) is 6.37. The van der Waals surface area contributed by atoms with Crippen LogP contribution in [0.1, 0.15) is 37.1 Å². The standard InChI is InChI=1S/C14H20OS2/c1-12(2)6-9-16-11-14-13(7-10-17-14)5-3-4-8-15/h7,10,12,15H,4,6,8-9,11H2,1-2H3. The normalized spacial score (nSPS) is 10.4. The van der Waals surface area contributed by atoms with Crippen molar-refractivity contribution in [3.8, 4) is 11.8 Å². The predicted octanol–water partition coefficient (Wildman–Crippen LogP) is 3.76. The van der Waals surface area contributed by atoms with Crippen LogP contribution >= 0.6 is 23.1 Å². The van der Waals surface area contributed by atoms with Gasteiger partial charge in [0.15, 0.2) is 0 Å². The minimum Gasteiger partial charge on any atom is -0.395 e. The molecule has 0 saturated carbocycles. The summed E-state index contributed by atoms with van der Waals surface area (Å²) in [6, 6.07) is 2.08. The van der Waals surface area contributed by atoms with Crippen molar-refractivity contribution in [3.05, 3.63) is 21.9 Å². The summed E-state index contributed by atoms with van der Waals surface area (Å²) in [4.78, 5) is 1.36. The van der Waals surface area contributed by atoms with Gasteiger partial charge in [-0.05, 0) is 29.5 Å². The van der Waals surface area contributed by atoms with Crippen molar-refractivity contribution in [2.45, 2.75) is 32.4 Å². The molecular formula is C14H20OS2. The smallest absolute Gasteiger partial charge is 0.0540 e. The average molecular weight is 268 g/mol. The third-order valence-corrected chi connectivity index (χ3v) is 4.40. The molecule has 1 aromatic heterocycles. The molecule has 94 valence electrons. The summed E-state index contributed by atoms with van der Waals surface area (Å²) in [5.74, 6) is 9.19. The number of rotatable bonds is 6. The van der Waals surface area contributed by atoms with Crippen LogP contribution in [0, 0.1) is 17.8 Å². The van der Waals surface area contributed by atoms with Crippen LogP contribution in [0.5, 0.6) is 0 Å². The van der Waals surface area contributed by atoms with E-state index in [0.717, 1.165) is 17.2 Å². The summed E-state index contributed by atoms with van der Waals surface area (Å²) >= 11 is 3.77. The summed E-state index contributed by atoms with van der Waals surface area (Å²) < 4.78 is 0. The first-order valence-corrected chi connectivity index (χ1v) is 8.01. The van der Waals surface area contributed by atoms with Gasteiger partial charge in [-0.25, -0.2) is 0 Å². The van der Waals surface area contributed by atoms with E-state index in [2.05, 4.69) is 37.1 Å². The first-order chi connectivity index (χ1) is 8.24. The highest BCUT2D eigenvalue weighted by atomic mass is 32.2. The van der Waals surface area contributed by atoms with Gasteiger partial charge in [-0.15, -0.1) is 11.3 Å². The summed E-state index contributed by atoms with van der Waals surface area (Å²) in [6.07, 6.45) is 1.84. The molecule has 0 radical (unpaired) electrons. The van der Waals surface area contributed by atoms with Gasteiger partial charge in [0, 0.05) is 22.6 Å². The molecule has 0 saturated heterocycles. The van der Waals surface area contributed by atoms with Crippen molar-refractivity contribution in [1.29, 1.82) is 0 Å². The minimum atomic E-state index is 0.148. The number of hydrogen-bond acceptors (Lipinski definition) is 3. The maximum absolute atomic E-state index is 8.69. The van der Waals surface area contributed by atoms with Gasteiger partial charge in [0.25, 0.3) is 0 Å². The zero-order valence-electron chi connectivity index (χ0n) is 10.5. The van der Waals surface area contributed by atoms with E-state index in [4.69, 9.17) is 5.11 Å². The largest absolute Gasteiger partial charge is 0.395 e. The van der Waals surface area contributed by atoms with Gasteiger partial charge in [-0.2, -0.15) is 11.8 Å². The summed E-state index contributed by atoms with van der Waals surface area (Å²) in [6.45, 7) is 4.67. The fraction of sp³-hybridized carbons (Fsp3) is 0.571. The molecule has 0 aliphatic heterocycles. The Morgan fingerprint density at radius 3 is 3.00 bits per heavy atom. The first kappa shape index (κ1) is 14.6. The Morgan fingerprint density at radius 1 is 1.47 bits per heavy atom. The lowest BCUT2D eigenvalue weighted by molar-refractivity contribution is 0.305. The van der Waals surface area contributed by atoms with E-state index in [9.17, 15) is 0 Å². The van der Waals surface area contributed by atoms with Crippen LogP contribution < -0.4 is 0 Å². The van der Waals surface area contributed by atoms with Gasteiger partial charge in [0.1, 0.15) is 0 Å². The summed E-state index contributed by atoms with van der Waals surface area (Å²) in [5.41, 5.74) is 1.14. The highest BCUT2D eigenvalue weighted by Gasteiger charge is 2.02. The number of aliphatic hydroxyl groups excluding tert-OH is 1. The monoisotopic (exact) mass is 268 g/mol. The van der Waals surface area contributed by atoms with Crippen LogP contribution in [-0.2, 0) is 5.75 Å². The van der Waals surface area contributed by atoms with Crippen LogP contribution in [0.25, 0.3) is 0 Å². The number of thioether (sulfide) groups is 1. The molecule has 0 aliphatic carbocycles. The van der Waals surface area contributed by atoms with Crippen LogP contribution in [0.15, 0.2) is 11.4 Å². The molecule has 1 N–H and O–H groups in total. The Hall–Kier alpha value is -0.430. The van der Waals surface area contributed by atoms with Crippen molar-refractivity contribution in [1.82, 2.24) is 0 Å². The molecular weight excluding hydrogens is 248 g/mol. The van der Waals surface area contributed by atoms with E-state index in [0.29, 0.717) is 6.42 Å². The number of thiophene rings is 1. The molecule has 1 nitrogen and oxygen atoms in total. The summed E-state index contributed by atoms with van der Waals surface area (Å²) in [7, 11) is 0. The molecule has 1 aromatic rings. The lowest BCUT2D eigenvalue weighted by Gasteiger charge is -2.03. The molecule has 0 amide bonds. The maximum Gasteiger partial charge on any atom is 0.0540 e. The molecule has 0 fully saturated rings. The third kappa shape index (κ3) is 6.16. The van der Waals surface area contributed by atoms with Crippen LogP contribution in [0.2, 0.25) is 0 Å². The number of hydrogen-bond donors (Lipinski definition) is 1. The average Bonchev–Trinajstić information content (AvgIpc) is 2.72. The molecule has 0 atom stereocenters. The van der Waals surface area contributed by atoms with Gasteiger partial charge in [0.05, 0.1) is 6.61 Å². The van der Waals surface area contributed by atoms with E-state index in [-0.39, 0.29) is 6.61 Å². The Kier molecular flexibility index (Phi) is 7.43. The molecule has 0 bridgehead atoms. The van der Waals surface area contributed by atoms with Gasteiger partial charge < -0.3 is 5.11 Å². The zero-order chi connectivity index (χ0) is 12.5. The maximum atomic E-state index is 8.69. The lowest BCUT2D eigenvalue weighted by atomic mass is 10.2. The Bertz CT molecular complexity index is 371. The molecule has 1 heterocycles. The van der Waals surface area contributed by atoms with Crippen molar-refractivity contribution in [3.63, 3.8) is 0 Å². The SMILES string of the molecule is CC(C)CCSCc1sccc1C#CCCO. The quantitative estimate of drug-likeness (QED) is 0.626. The topological polar surface area (TPSA) is 20.2 Å². The van der Waals surface area contributed by atoms with Crippen LogP contribution in [0.4, 0.5) is 0 Å². The minimum absolute atomic E-state index is 0.148. The van der Waals surface area contributed by atoms with E-state index >= 15 is 0 Å². The number of aliphatic hydroxyl groups is 1. The van der Waals surface area contributed by atoms with Crippen LogP contribution in [-0.4, -0.2) is 17.5 Å². The molecule has 0 aliphatic rings. The van der Waals surface area contributed by atoms with Crippen molar-refractivity contribution < 1.29 is 5.11 Å². The molecule has 1 rings (SSSR count). The van der Waals surface area contributed by atoms with Gasteiger partial charge >= 0.3 is 0 Å². The Balaban J connectivity index is 2.39. The fourth-order valence-corrected chi connectivity index (χ4v) is 3.52. The second-order valence-electron chi connectivity index (χ2n) is 4.27. The highest BCUT2D eigenvalue weighted by Crippen LogP contribution is 2.23. The molecule has 0 unspecified atom stereocenters. The van der Waals surface area contributed by atoms with Gasteiger partial charge in [0.2, 0.25) is 0 Å². The molecule has 17 heavy (non-hydrogen) atoms. The van der Waals surface area contributed by atoms with E-state index < -0.39 is 0 Å². The molecule has 0 spiro atoms. The van der Waals surface area contributed by atoms with Crippen molar-refractivity contribution >= 4 is 23.1 Å². The summed E-state index contributed by atoms with van der Waals surface area (Å²) in [5, 5.41) is 10.8. The predicted molar refractivity (Wildman–Crippen MR) is 78.5 cm³/mol. The Morgan fingerprint density at radius 2 is 2.29 bits per heavy atom.